The third kappa shape index (κ3) is 2.80. The van der Waals surface area contributed by atoms with Gasteiger partial charge in [0, 0.05) is 7.11 Å². The minimum Gasteiger partial charge on any atom is -0.379 e. The number of rotatable bonds is 6. The predicted molar refractivity (Wildman–Crippen MR) is 55.1 cm³/mol. The molecule has 0 fully saturated rings. The van der Waals surface area contributed by atoms with Crippen molar-refractivity contribution in [2.24, 2.45) is 11.0 Å². The van der Waals surface area contributed by atoms with E-state index in [0.717, 1.165) is 18.6 Å². The van der Waals surface area contributed by atoms with Crippen molar-refractivity contribution in [3.05, 3.63) is 0 Å². The molecule has 0 aromatic rings. The van der Waals surface area contributed by atoms with Crippen LogP contribution in [0.25, 0.3) is 0 Å². The zero-order valence-corrected chi connectivity index (χ0v) is 8.88. The quantitative estimate of drug-likeness (QED) is 0.654. The zero-order valence-electron chi connectivity index (χ0n) is 8.88. The molecule has 1 N–H and O–H groups in total. The first kappa shape index (κ1) is 11.2. The highest BCUT2D eigenvalue weighted by atomic mass is 16.5. The van der Waals surface area contributed by atoms with E-state index >= 15 is 0 Å². The maximum atomic E-state index is 11.4. The van der Waals surface area contributed by atoms with E-state index in [9.17, 15) is 4.79 Å². The van der Waals surface area contributed by atoms with Crippen molar-refractivity contribution in [3.8, 4) is 0 Å². The van der Waals surface area contributed by atoms with Crippen LogP contribution in [0.2, 0.25) is 0 Å². The summed E-state index contributed by atoms with van der Waals surface area (Å²) in [6, 6.07) is 0. The van der Waals surface area contributed by atoms with Crippen LogP contribution in [0.1, 0.15) is 32.6 Å². The van der Waals surface area contributed by atoms with Gasteiger partial charge in [-0.2, -0.15) is 5.10 Å². The molecular formula is C10H18N2O2. The number of unbranched alkanes of at least 4 members (excludes halogenated alkanes) is 2. The van der Waals surface area contributed by atoms with Crippen molar-refractivity contribution >= 4 is 11.6 Å². The normalized spacial score (nSPS) is 20.9. The Labute approximate surface area is 84.7 Å². The van der Waals surface area contributed by atoms with E-state index < -0.39 is 0 Å². The maximum Gasteiger partial charge on any atom is 0.249 e. The number of nitrogens with one attached hydrogen (secondary N) is 1. The van der Waals surface area contributed by atoms with Gasteiger partial charge in [0.05, 0.1) is 18.2 Å². The van der Waals surface area contributed by atoms with Crippen LogP contribution in [0.5, 0.6) is 0 Å². The Bertz CT molecular complexity index is 226. The molecule has 1 amide bonds. The standard InChI is InChI=1S/C10H18N2O2/c1-3-4-5-6-8-9(7-14-2)11-12-10(8)13/h8H,3-7H2,1-2H3,(H,12,13). The fourth-order valence-electron chi connectivity index (χ4n) is 1.61. The van der Waals surface area contributed by atoms with Gasteiger partial charge < -0.3 is 4.74 Å². The average molecular weight is 198 g/mol. The molecule has 14 heavy (non-hydrogen) atoms. The summed E-state index contributed by atoms with van der Waals surface area (Å²) in [6.45, 7) is 2.61. The monoisotopic (exact) mass is 198 g/mol. The van der Waals surface area contributed by atoms with Gasteiger partial charge in [0.1, 0.15) is 0 Å². The Morgan fingerprint density at radius 3 is 2.93 bits per heavy atom. The molecule has 80 valence electrons. The second kappa shape index (κ2) is 5.75. The number of carbonyl (C=O) groups is 1. The highest BCUT2D eigenvalue weighted by Gasteiger charge is 2.28. The molecule has 0 saturated heterocycles. The minimum absolute atomic E-state index is 0.0214. The van der Waals surface area contributed by atoms with Crippen molar-refractivity contribution < 1.29 is 9.53 Å². The Morgan fingerprint density at radius 1 is 1.50 bits per heavy atom. The van der Waals surface area contributed by atoms with Crippen LogP contribution in [-0.4, -0.2) is 25.3 Å². The van der Waals surface area contributed by atoms with Crippen LogP contribution in [-0.2, 0) is 9.53 Å². The first-order valence-corrected chi connectivity index (χ1v) is 5.14. The molecule has 1 unspecified atom stereocenters. The lowest BCUT2D eigenvalue weighted by molar-refractivity contribution is -0.122. The van der Waals surface area contributed by atoms with Crippen LogP contribution >= 0.6 is 0 Å². The summed E-state index contributed by atoms with van der Waals surface area (Å²) in [4.78, 5) is 11.4. The summed E-state index contributed by atoms with van der Waals surface area (Å²) in [5, 5.41) is 3.96. The smallest absolute Gasteiger partial charge is 0.249 e. The fraction of sp³-hybridized carbons (Fsp3) is 0.800. The lowest BCUT2D eigenvalue weighted by atomic mass is 9.97. The summed E-state index contributed by atoms with van der Waals surface area (Å²) in [7, 11) is 1.62. The van der Waals surface area contributed by atoms with E-state index in [4.69, 9.17) is 4.74 Å². The van der Waals surface area contributed by atoms with Crippen LogP contribution < -0.4 is 5.43 Å². The van der Waals surface area contributed by atoms with Crippen LogP contribution in [0.3, 0.4) is 0 Å². The van der Waals surface area contributed by atoms with Crippen molar-refractivity contribution in [2.45, 2.75) is 32.6 Å². The molecule has 0 aromatic carbocycles. The molecule has 4 heteroatoms. The highest BCUT2D eigenvalue weighted by Crippen LogP contribution is 2.16. The lowest BCUT2D eigenvalue weighted by Crippen LogP contribution is -2.25. The van der Waals surface area contributed by atoms with Crippen molar-refractivity contribution in [1.29, 1.82) is 0 Å². The predicted octanol–water partition coefficient (Wildman–Crippen LogP) is 1.32. The van der Waals surface area contributed by atoms with Gasteiger partial charge in [-0.25, -0.2) is 5.43 Å². The Hall–Kier alpha value is -0.900. The largest absolute Gasteiger partial charge is 0.379 e. The number of hydrazone groups is 1. The third-order valence-corrected chi connectivity index (χ3v) is 2.42. The molecule has 0 saturated carbocycles. The van der Waals surface area contributed by atoms with Crippen LogP contribution in [0.15, 0.2) is 5.10 Å². The molecule has 0 bridgehead atoms. The Balaban J connectivity index is 2.39. The van der Waals surface area contributed by atoms with Gasteiger partial charge in [-0.1, -0.05) is 26.2 Å². The molecule has 1 atom stereocenters. The summed E-state index contributed by atoms with van der Waals surface area (Å²) < 4.78 is 4.99. The summed E-state index contributed by atoms with van der Waals surface area (Å²) in [5.41, 5.74) is 3.34. The zero-order chi connectivity index (χ0) is 10.4. The van der Waals surface area contributed by atoms with E-state index in [0.29, 0.717) is 6.61 Å². The third-order valence-electron chi connectivity index (χ3n) is 2.42. The fourth-order valence-corrected chi connectivity index (χ4v) is 1.61. The van der Waals surface area contributed by atoms with E-state index in [1.54, 1.807) is 7.11 Å². The van der Waals surface area contributed by atoms with E-state index in [1.807, 2.05) is 0 Å². The number of hydrogen-bond acceptors (Lipinski definition) is 3. The summed E-state index contributed by atoms with van der Waals surface area (Å²) in [5.74, 6) is -0.0327. The SMILES string of the molecule is CCCCCC1C(=O)NN=C1COC. The van der Waals surface area contributed by atoms with E-state index in [2.05, 4.69) is 17.5 Å². The Morgan fingerprint density at radius 2 is 2.29 bits per heavy atom. The summed E-state index contributed by atoms with van der Waals surface area (Å²) >= 11 is 0. The minimum atomic E-state index is -0.0542. The number of amides is 1. The van der Waals surface area contributed by atoms with Gasteiger partial charge in [-0.15, -0.1) is 0 Å². The van der Waals surface area contributed by atoms with Gasteiger partial charge in [0.2, 0.25) is 5.91 Å². The van der Waals surface area contributed by atoms with E-state index in [-0.39, 0.29) is 11.8 Å². The number of hydrogen-bond donors (Lipinski definition) is 1. The maximum absolute atomic E-state index is 11.4. The molecule has 1 aliphatic rings. The molecule has 1 aliphatic heterocycles. The number of nitrogens with zero attached hydrogens (tertiary/aromatic N) is 1. The Kier molecular flexibility index (Phi) is 4.59. The molecule has 0 spiro atoms. The number of carbonyl (C=O) groups excluding carboxylic acids is 1. The highest BCUT2D eigenvalue weighted by molar-refractivity contribution is 6.08. The lowest BCUT2D eigenvalue weighted by Gasteiger charge is -2.08. The molecule has 0 aliphatic carbocycles. The van der Waals surface area contributed by atoms with E-state index in [1.165, 1.54) is 12.8 Å². The molecule has 0 radical (unpaired) electrons. The topological polar surface area (TPSA) is 50.7 Å². The van der Waals surface area contributed by atoms with Crippen LogP contribution in [0, 0.1) is 5.92 Å². The van der Waals surface area contributed by atoms with Gasteiger partial charge in [-0.05, 0) is 6.42 Å². The second-order valence-corrected chi connectivity index (χ2v) is 3.56. The van der Waals surface area contributed by atoms with Gasteiger partial charge in [0.15, 0.2) is 0 Å². The molecule has 1 heterocycles. The van der Waals surface area contributed by atoms with Crippen molar-refractivity contribution in [1.82, 2.24) is 5.43 Å². The number of ether oxygens (including phenoxy) is 1. The van der Waals surface area contributed by atoms with Crippen molar-refractivity contribution in [3.63, 3.8) is 0 Å². The van der Waals surface area contributed by atoms with Crippen molar-refractivity contribution in [2.75, 3.05) is 13.7 Å². The van der Waals surface area contributed by atoms with Gasteiger partial charge in [-0.3, -0.25) is 4.79 Å². The van der Waals surface area contributed by atoms with Gasteiger partial charge in [0.25, 0.3) is 0 Å². The molecule has 4 nitrogen and oxygen atoms in total. The first-order chi connectivity index (χ1) is 6.79. The van der Waals surface area contributed by atoms with Crippen LogP contribution in [0.4, 0.5) is 0 Å². The number of methoxy groups -OCH3 is 1. The molecular weight excluding hydrogens is 180 g/mol. The molecule has 0 aromatic heterocycles. The molecule has 1 rings (SSSR count). The summed E-state index contributed by atoms with van der Waals surface area (Å²) in [6.07, 6.45) is 4.31. The first-order valence-electron chi connectivity index (χ1n) is 5.14. The van der Waals surface area contributed by atoms with Gasteiger partial charge >= 0.3 is 0 Å². The average Bonchev–Trinajstić information content (AvgIpc) is 2.50. The second-order valence-electron chi connectivity index (χ2n) is 3.56.